The molecule has 0 fully saturated rings. The highest BCUT2D eigenvalue weighted by Gasteiger charge is 2.21. The fourth-order valence-corrected chi connectivity index (χ4v) is 8.40. The minimum atomic E-state index is -0.144. The average molecular weight is 770 g/mol. The first kappa shape index (κ1) is 31.1. The highest BCUT2D eigenvalue weighted by Crippen LogP contribution is 2.46. The fraction of sp³-hybridized carbons (Fsp3) is 0. The molecule has 0 N–H and O–H groups in total. The Kier molecular flexibility index (Phi) is 7.83. The van der Waals surface area contributed by atoms with Crippen molar-refractivity contribution < 1.29 is 9.90 Å². The first-order valence-electron chi connectivity index (χ1n) is 22.2. The summed E-state index contributed by atoms with van der Waals surface area (Å²) in [6.45, 7) is 0. The van der Waals surface area contributed by atoms with Crippen LogP contribution in [0.4, 0.5) is 17.1 Å². The van der Waals surface area contributed by atoms with Crippen molar-refractivity contribution in [1.82, 2.24) is 0 Å². The third-order valence-electron chi connectivity index (χ3n) is 11.4. The molecule has 1 heterocycles. The maximum Gasteiger partial charge on any atom is 0.143 e. The number of furan rings is 1. The second-order valence-corrected chi connectivity index (χ2v) is 15.0. The van der Waals surface area contributed by atoms with Gasteiger partial charge in [0.05, 0.1) is 11.2 Å². The second-order valence-electron chi connectivity index (χ2n) is 15.0. The minimum absolute atomic E-state index is 0.117. The van der Waals surface area contributed by atoms with Crippen LogP contribution in [0.5, 0.6) is 0 Å². The number of anilines is 3. The molecule has 2 nitrogen and oxygen atoms in total. The predicted molar refractivity (Wildman–Crippen MR) is 253 cm³/mol. The van der Waals surface area contributed by atoms with Gasteiger partial charge in [0.15, 0.2) is 0 Å². The lowest BCUT2D eigenvalue weighted by Crippen LogP contribution is -2.11. The van der Waals surface area contributed by atoms with Crippen LogP contribution in [0.1, 0.15) is 5.48 Å². The maximum atomic E-state index is 9.76. The van der Waals surface area contributed by atoms with Crippen molar-refractivity contribution in [3.63, 3.8) is 0 Å². The number of rotatable bonds is 8. The summed E-state index contributed by atoms with van der Waals surface area (Å²) in [7, 11) is 0. The number of hydrogen-bond acceptors (Lipinski definition) is 2. The van der Waals surface area contributed by atoms with Crippen LogP contribution in [0.15, 0.2) is 241 Å². The molecule has 0 aliphatic rings. The monoisotopic (exact) mass is 769 g/mol. The second kappa shape index (κ2) is 15.1. The Balaban J connectivity index is 1.10. The molecule has 11 aromatic rings. The quantitative estimate of drug-likeness (QED) is 0.153. The Morgan fingerprint density at radius 3 is 1.60 bits per heavy atom. The van der Waals surface area contributed by atoms with E-state index >= 15 is 0 Å². The molecule has 0 unspecified atom stereocenters. The number of fused-ring (bicyclic) bond motifs is 5. The summed E-state index contributed by atoms with van der Waals surface area (Å²) in [4.78, 5) is 1.89. The summed E-state index contributed by atoms with van der Waals surface area (Å²) in [5.74, 6) is 0. The molecule has 0 amide bonds. The van der Waals surface area contributed by atoms with E-state index < -0.39 is 0 Å². The van der Waals surface area contributed by atoms with Gasteiger partial charge in [-0.25, -0.2) is 0 Å². The summed E-state index contributed by atoms with van der Waals surface area (Å²) < 4.78 is 45.3. The smallest absolute Gasteiger partial charge is 0.143 e. The van der Waals surface area contributed by atoms with Crippen LogP contribution in [0.25, 0.3) is 88.3 Å². The van der Waals surface area contributed by atoms with E-state index in [9.17, 15) is 5.48 Å². The lowest BCUT2D eigenvalue weighted by atomic mass is 9.95. The average Bonchev–Trinajstić information content (AvgIpc) is 3.75. The van der Waals surface area contributed by atoms with Gasteiger partial charge < -0.3 is 9.32 Å². The molecule has 2 heteroatoms. The SMILES string of the molecule is [2H]c1c([2H])c(N(c2ccc(-c3ccc(-c4ccccc4)cc3)cc2)c2ccccc2-c2cccc3oc4c5ccccc5ccc4c23)c([2H])c([2H])c1-c1cccc(-c2ccccc2)c1. The van der Waals surface area contributed by atoms with Gasteiger partial charge in [0.25, 0.3) is 0 Å². The van der Waals surface area contributed by atoms with Crippen molar-refractivity contribution in [2.75, 3.05) is 4.90 Å². The van der Waals surface area contributed by atoms with Gasteiger partial charge >= 0.3 is 0 Å². The van der Waals surface area contributed by atoms with Gasteiger partial charge in [0, 0.05) is 33.1 Å². The number of para-hydroxylation sites is 1. The van der Waals surface area contributed by atoms with Crippen LogP contribution in [-0.2, 0) is 0 Å². The molecule has 282 valence electrons. The van der Waals surface area contributed by atoms with E-state index in [1.165, 1.54) is 0 Å². The maximum absolute atomic E-state index is 9.76. The molecule has 0 saturated heterocycles. The van der Waals surface area contributed by atoms with Crippen molar-refractivity contribution in [1.29, 1.82) is 0 Å². The Labute approximate surface area is 355 Å². The van der Waals surface area contributed by atoms with Gasteiger partial charge in [0.2, 0.25) is 0 Å². The molecule has 0 radical (unpaired) electrons. The number of nitrogens with zero attached hydrogens (tertiary/aromatic N) is 1. The first-order valence-corrected chi connectivity index (χ1v) is 20.2. The van der Waals surface area contributed by atoms with E-state index in [0.717, 1.165) is 77.2 Å². The molecular formula is C58H39NO. The van der Waals surface area contributed by atoms with Gasteiger partial charge in [-0.2, -0.15) is 0 Å². The van der Waals surface area contributed by atoms with Gasteiger partial charge in [-0.3, -0.25) is 0 Å². The normalized spacial score (nSPS) is 12.3. The molecule has 11 rings (SSSR count). The lowest BCUT2D eigenvalue weighted by Gasteiger charge is -2.28. The molecule has 0 aliphatic heterocycles. The van der Waals surface area contributed by atoms with Crippen molar-refractivity contribution in [2.24, 2.45) is 0 Å². The summed E-state index contributed by atoms with van der Waals surface area (Å²) in [5.41, 5.74) is 12.0. The Morgan fingerprint density at radius 1 is 0.350 bits per heavy atom. The van der Waals surface area contributed by atoms with Gasteiger partial charge in [-0.05, 0) is 104 Å². The third kappa shape index (κ3) is 6.41. The topological polar surface area (TPSA) is 16.4 Å². The van der Waals surface area contributed by atoms with Crippen LogP contribution in [0, 0.1) is 0 Å². The van der Waals surface area contributed by atoms with Crippen molar-refractivity contribution in [3.8, 4) is 55.6 Å². The molecular weight excluding hydrogens is 727 g/mol. The molecule has 0 aliphatic carbocycles. The molecule has 0 bridgehead atoms. The Hall–Kier alpha value is -7.94. The summed E-state index contributed by atoms with van der Waals surface area (Å²) in [6.07, 6.45) is 0. The minimum Gasteiger partial charge on any atom is -0.455 e. The molecule has 60 heavy (non-hydrogen) atoms. The molecule has 0 atom stereocenters. The third-order valence-corrected chi connectivity index (χ3v) is 11.4. The molecule has 0 saturated carbocycles. The van der Waals surface area contributed by atoms with E-state index in [4.69, 9.17) is 4.42 Å². The van der Waals surface area contributed by atoms with E-state index in [2.05, 4.69) is 84.9 Å². The molecule has 10 aromatic carbocycles. The fourth-order valence-electron chi connectivity index (χ4n) is 8.40. The molecule has 0 spiro atoms. The van der Waals surface area contributed by atoms with Crippen LogP contribution in [0.3, 0.4) is 0 Å². The number of benzene rings is 10. The van der Waals surface area contributed by atoms with E-state index in [0.29, 0.717) is 16.9 Å². The van der Waals surface area contributed by atoms with Gasteiger partial charge in [-0.1, -0.05) is 188 Å². The van der Waals surface area contributed by atoms with Crippen molar-refractivity contribution in [2.45, 2.75) is 0 Å². The van der Waals surface area contributed by atoms with E-state index in [1.54, 1.807) is 0 Å². The van der Waals surface area contributed by atoms with Crippen LogP contribution >= 0.6 is 0 Å². The zero-order valence-corrected chi connectivity index (χ0v) is 32.6. The Morgan fingerprint density at radius 2 is 0.883 bits per heavy atom. The highest BCUT2D eigenvalue weighted by molar-refractivity contribution is 6.19. The zero-order valence-electron chi connectivity index (χ0n) is 36.6. The van der Waals surface area contributed by atoms with E-state index in [-0.39, 0.29) is 35.4 Å². The van der Waals surface area contributed by atoms with Crippen molar-refractivity contribution in [3.05, 3.63) is 236 Å². The predicted octanol–water partition coefficient (Wildman–Crippen LogP) is 16.5. The van der Waals surface area contributed by atoms with Gasteiger partial charge in [-0.15, -0.1) is 0 Å². The largest absolute Gasteiger partial charge is 0.455 e. The van der Waals surface area contributed by atoms with Gasteiger partial charge in [0.1, 0.15) is 11.2 Å². The van der Waals surface area contributed by atoms with E-state index in [1.807, 2.05) is 132 Å². The standard InChI is InChI=1S/C58H39NO/c1-3-13-40(14-4-1)42-25-27-43(28-26-42)44-29-34-49(35-30-44)59(50-36-31-45(32-37-50)48-19-11-18-47(39-48)41-15-5-2-6-16-41)55-23-10-9-21-52(55)53-22-12-24-56-57(53)54-38-33-46-17-7-8-20-51(46)58(54)60-56/h1-39H/i31D,32D,36D,37D. The summed E-state index contributed by atoms with van der Waals surface area (Å²) >= 11 is 0. The zero-order chi connectivity index (χ0) is 43.3. The van der Waals surface area contributed by atoms with Crippen LogP contribution < -0.4 is 4.90 Å². The number of hydrogen-bond donors (Lipinski definition) is 0. The Bertz CT molecular complexity index is 3500. The van der Waals surface area contributed by atoms with Crippen molar-refractivity contribution >= 4 is 49.8 Å². The lowest BCUT2D eigenvalue weighted by molar-refractivity contribution is 0.673. The summed E-state index contributed by atoms with van der Waals surface area (Å²) in [5, 5.41) is 4.07. The molecule has 1 aromatic heterocycles. The summed E-state index contributed by atoms with van der Waals surface area (Å²) in [6, 6.07) is 70.6. The van der Waals surface area contributed by atoms with Crippen LogP contribution in [-0.4, -0.2) is 0 Å². The van der Waals surface area contributed by atoms with Crippen LogP contribution in [0.2, 0.25) is 0 Å². The first-order chi connectivity index (χ1) is 31.4. The highest BCUT2D eigenvalue weighted by atomic mass is 16.3.